The lowest BCUT2D eigenvalue weighted by Gasteiger charge is -2.08. The standard InChI is InChI=1S/C20H15FN4O2/c21-15-4-8-17(9-5-15)27-16-6-1-13(2-7-16)12-22-20(26)14-3-10-18-19(11-14)24-25-23-18/h1-11H,12H2,(H,22,26)(H,23,24,25). The fraction of sp³-hybridized carbons (Fsp3) is 0.0500. The number of nitrogens with zero attached hydrogens (tertiary/aromatic N) is 2. The molecule has 134 valence electrons. The normalized spacial score (nSPS) is 10.7. The molecule has 1 aromatic heterocycles. The minimum atomic E-state index is -0.309. The molecule has 0 aliphatic rings. The first-order valence-corrected chi connectivity index (χ1v) is 8.28. The van der Waals surface area contributed by atoms with Gasteiger partial charge in [-0.1, -0.05) is 12.1 Å². The highest BCUT2D eigenvalue weighted by Crippen LogP contribution is 2.22. The predicted molar refractivity (Wildman–Crippen MR) is 98.0 cm³/mol. The van der Waals surface area contributed by atoms with Crippen molar-refractivity contribution in [2.24, 2.45) is 0 Å². The molecule has 0 unspecified atom stereocenters. The summed E-state index contributed by atoms with van der Waals surface area (Å²) in [6.07, 6.45) is 0. The molecule has 4 rings (SSSR count). The second-order valence-electron chi connectivity index (χ2n) is 5.91. The summed E-state index contributed by atoms with van der Waals surface area (Å²) in [5.74, 6) is 0.691. The highest BCUT2D eigenvalue weighted by atomic mass is 19.1. The maximum absolute atomic E-state index is 12.9. The van der Waals surface area contributed by atoms with Crippen molar-refractivity contribution in [3.8, 4) is 11.5 Å². The summed E-state index contributed by atoms with van der Waals surface area (Å²) in [6.45, 7) is 0.381. The smallest absolute Gasteiger partial charge is 0.251 e. The Labute approximate surface area is 154 Å². The van der Waals surface area contributed by atoms with E-state index in [4.69, 9.17) is 4.74 Å². The number of aromatic nitrogens is 3. The topological polar surface area (TPSA) is 79.9 Å². The molecule has 0 aliphatic heterocycles. The summed E-state index contributed by atoms with van der Waals surface area (Å²) in [5, 5.41) is 13.3. The van der Waals surface area contributed by atoms with E-state index in [9.17, 15) is 9.18 Å². The van der Waals surface area contributed by atoms with Gasteiger partial charge in [-0.15, -0.1) is 0 Å². The first-order chi connectivity index (χ1) is 13.2. The Morgan fingerprint density at radius 2 is 1.59 bits per heavy atom. The monoisotopic (exact) mass is 362 g/mol. The van der Waals surface area contributed by atoms with E-state index < -0.39 is 0 Å². The molecular weight excluding hydrogens is 347 g/mol. The summed E-state index contributed by atoms with van der Waals surface area (Å²) < 4.78 is 18.6. The Bertz CT molecular complexity index is 1080. The zero-order valence-corrected chi connectivity index (χ0v) is 14.1. The van der Waals surface area contributed by atoms with Crippen LogP contribution >= 0.6 is 0 Å². The van der Waals surface area contributed by atoms with Crippen LogP contribution in [0.3, 0.4) is 0 Å². The average molecular weight is 362 g/mol. The number of rotatable bonds is 5. The van der Waals surface area contributed by atoms with Gasteiger partial charge in [0, 0.05) is 12.1 Å². The number of halogens is 1. The van der Waals surface area contributed by atoms with Crippen molar-refractivity contribution in [1.82, 2.24) is 20.7 Å². The van der Waals surface area contributed by atoms with Crippen LogP contribution in [0.25, 0.3) is 11.0 Å². The third kappa shape index (κ3) is 3.92. The van der Waals surface area contributed by atoms with Gasteiger partial charge in [0.2, 0.25) is 0 Å². The molecule has 0 fully saturated rings. The molecule has 0 saturated heterocycles. The van der Waals surface area contributed by atoms with Gasteiger partial charge in [-0.3, -0.25) is 4.79 Å². The Morgan fingerprint density at radius 1 is 0.926 bits per heavy atom. The van der Waals surface area contributed by atoms with E-state index in [1.54, 1.807) is 42.5 Å². The number of H-pyrrole nitrogens is 1. The van der Waals surface area contributed by atoms with Crippen molar-refractivity contribution in [1.29, 1.82) is 0 Å². The van der Waals surface area contributed by atoms with Gasteiger partial charge in [-0.25, -0.2) is 4.39 Å². The highest BCUT2D eigenvalue weighted by Gasteiger charge is 2.08. The van der Waals surface area contributed by atoms with Crippen molar-refractivity contribution in [2.75, 3.05) is 0 Å². The Hall–Kier alpha value is -3.74. The number of hydrogen-bond donors (Lipinski definition) is 2. The number of nitrogens with one attached hydrogen (secondary N) is 2. The molecule has 27 heavy (non-hydrogen) atoms. The summed E-state index contributed by atoms with van der Waals surface area (Å²) in [7, 11) is 0. The van der Waals surface area contributed by atoms with Gasteiger partial charge in [0.15, 0.2) is 0 Å². The van der Waals surface area contributed by atoms with Crippen LogP contribution in [0, 0.1) is 5.82 Å². The van der Waals surface area contributed by atoms with Crippen molar-refractivity contribution < 1.29 is 13.9 Å². The fourth-order valence-corrected chi connectivity index (χ4v) is 2.58. The largest absolute Gasteiger partial charge is 0.457 e. The fourth-order valence-electron chi connectivity index (χ4n) is 2.58. The number of benzene rings is 3. The molecule has 0 atom stereocenters. The lowest BCUT2D eigenvalue weighted by Crippen LogP contribution is -2.22. The number of fused-ring (bicyclic) bond motifs is 1. The third-order valence-electron chi connectivity index (χ3n) is 4.00. The number of amides is 1. The molecule has 0 radical (unpaired) electrons. The summed E-state index contributed by atoms with van der Waals surface area (Å²) in [5.41, 5.74) is 2.80. The minimum absolute atomic E-state index is 0.188. The zero-order chi connectivity index (χ0) is 18.6. The van der Waals surface area contributed by atoms with Gasteiger partial charge in [0.05, 0.1) is 0 Å². The van der Waals surface area contributed by atoms with Crippen LogP contribution in [0.1, 0.15) is 15.9 Å². The maximum atomic E-state index is 12.9. The zero-order valence-electron chi connectivity index (χ0n) is 14.1. The molecule has 0 saturated carbocycles. The molecular formula is C20H15FN4O2. The van der Waals surface area contributed by atoms with Crippen LogP contribution in [0.5, 0.6) is 11.5 Å². The van der Waals surface area contributed by atoms with E-state index in [-0.39, 0.29) is 11.7 Å². The Balaban J connectivity index is 1.36. The maximum Gasteiger partial charge on any atom is 0.251 e. The van der Waals surface area contributed by atoms with E-state index in [0.717, 1.165) is 5.56 Å². The molecule has 6 nitrogen and oxygen atoms in total. The van der Waals surface area contributed by atoms with E-state index >= 15 is 0 Å². The molecule has 1 heterocycles. The summed E-state index contributed by atoms with van der Waals surface area (Å²) in [6, 6.07) is 18.3. The SMILES string of the molecule is O=C(NCc1ccc(Oc2ccc(F)cc2)cc1)c1ccc2n[nH]nc2c1. The number of carbonyl (C=O) groups is 1. The number of hydrogen-bond acceptors (Lipinski definition) is 4. The molecule has 2 N–H and O–H groups in total. The van der Waals surface area contributed by atoms with Crippen LogP contribution in [-0.2, 0) is 6.54 Å². The average Bonchev–Trinajstić information content (AvgIpc) is 3.17. The van der Waals surface area contributed by atoms with E-state index in [1.807, 2.05) is 12.1 Å². The first kappa shape index (κ1) is 16.7. The van der Waals surface area contributed by atoms with Gasteiger partial charge in [-0.2, -0.15) is 15.4 Å². The predicted octanol–water partition coefficient (Wildman–Crippen LogP) is 3.82. The summed E-state index contributed by atoms with van der Waals surface area (Å²) >= 11 is 0. The molecule has 1 amide bonds. The summed E-state index contributed by atoms with van der Waals surface area (Å²) in [4.78, 5) is 12.3. The van der Waals surface area contributed by atoms with E-state index in [0.29, 0.717) is 34.6 Å². The second-order valence-corrected chi connectivity index (χ2v) is 5.91. The molecule has 4 aromatic rings. The van der Waals surface area contributed by atoms with E-state index in [2.05, 4.69) is 20.7 Å². The minimum Gasteiger partial charge on any atom is -0.457 e. The van der Waals surface area contributed by atoms with Crippen LogP contribution < -0.4 is 10.1 Å². The van der Waals surface area contributed by atoms with Gasteiger partial charge >= 0.3 is 0 Å². The van der Waals surface area contributed by atoms with Crippen LogP contribution in [0.15, 0.2) is 66.7 Å². The van der Waals surface area contributed by atoms with Gasteiger partial charge in [0.1, 0.15) is 28.3 Å². The Kier molecular flexibility index (Phi) is 4.49. The van der Waals surface area contributed by atoms with Gasteiger partial charge in [-0.05, 0) is 60.2 Å². The molecule has 0 aliphatic carbocycles. The van der Waals surface area contributed by atoms with Crippen LogP contribution in [0.4, 0.5) is 4.39 Å². The van der Waals surface area contributed by atoms with Gasteiger partial charge < -0.3 is 10.1 Å². The van der Waals surface area contributed by atoms with E-state index in [1.165, 1.54) is 12.1 Å². The molecule has 0 bridgehead atoms. The highest BCUT2D eigenvalue weighted by molar-refractivity contribution is 5.97. The second kappa shape index (κ2) is 7.25. The first-order valence-electron chi connectivity index (χ1n) is 8.28. The molecule has 7 heteroatoms. The number of ether oxygens (including phenoxy) is 1. The van der Waals surface area contributed by atoms with Crippen molar-refractivity contribution in [2.45, 2.75) is 6.54 Å². The number of aromatic amines is 1. The van der Waals surface area contributed by atoms with Crippen molar-refractivity contribution in [3.63, 3.8) is 0 Å². The van der Waals surface area contributed by atoms with Crippen LogP contribution in [0.2, 0.25) is 0 Å². The van der Waals surface area contributed by atoms with Crippen molar-refractivity contribution >= 4 is 16.9 Å². The molecule has 3 aromatic carbocycles. The van der Waals surface area contributed by atoms with Crippen LogP contribution in [-0.4, -0.2) is 21.3 Å². The van der Waals surface area contributed by atoms with Crippen molar-refractivity contribution in [3.05, 3.63) is 83.7 Å². The number of carbonyl (C=O) groups excluding carboxylic acids is 1. The quantitative estimate of drug-likeness (QED) is 0.566. The van der Waals surface area contributed by atoms with Gasteiger partial charge in [0.25, 0.3) is 5.91 Å². The lowest BCUT2D eigenvalue weighted by atomic mass is 10.1. The third-order valence-corrected chi connectivity index (χ3v) is 4.00. The molecule has 0 spiro atoms. The lowest BCUT2D eigenvalue weighted by molar-refractivity contribution is 0.0951. The Morgan fingerprint density at radius 3 is 2.33 bits per heavy atom.